The van der Waals surface area contributed by atoms with Gasteiger partial charge in [0, 0.05) is 17.2 Å². The molecule has 0 unspecified atom stereocenters. The lowest BCUT2D eigenvalue weighted by Crippen LogP contribution is -2.19. The Bertz CT molecular complexity index is 1240. The lowest BCUT2D eigenvalue weighted by atomic mass is 9.75. The predicted octanol–water partition coefficient (Wildman–Crippen LogP) is 9.00. The minimum absolute atomic E-state index is 0.485. The van der Waals surface area contributed by atoms with Crippen molar-refractivity contribution in [3.05, 3.63) is 84.6 Å². The smallest absolute Gasteiger partial charge is 0.221 e. The van der Waals surface area contributed by atoms with Crippen LogP contribution in [0.25, 0.3) is 22.6 Å². The lowest BCUT2D eigenvalue weighted by molar-refractivity contribution is 0.258. The molecule has 0 saturated heterocycles. The summed E-state index contributed by atoms with van der Waals surface area (Å²) in [6.07, 6.45) is 15.2. The molecule has 1 aliphatic rings. The third kappa shape index (κ3) is 6.04. The summed E-state index contributed by atoms with van der Waals surface area (Å²) in [5.41, 5.74) is 4.96. The maximum atomic E-state index is 6.03. The van der Waals surface area contributed by atoms with Crippen LogP contribution >= 0.6 is 0 Å². The number of unbranched alkanes of at least 4 members (excludes halogenated alkanes) is 3. The fraction of sp³-hybridized carbons (Fsp3) is 0.375. The minimum atomic E-state index is 0.485. The number of nitrogens with zero attached hydrogens (tertiary/aromatic N) is 2. The van der Waals surface area contributed by atoms with Crippen LogP contribution in [0.2, 0.25) is 0 Å². The summed E-state index contributed by atoms with van der Waals surface area (Å²) in [5, 5.41) is 0. The maximum absolute atomic E-state index is 6.03. The normalized spacial score (nSPS) is 14.7. The maximum Gasteiger partial charge on any atom is 0.221 e. The molecule has 186 valence electrons. The molecule has 2 aromatic carbocycles. The van der Waals surface area contributed by atoms with Gasteiger partial charge in [-0.05, 0) is 48.8 Å². The largest absolute Gasteiger partial charge is 0.421 e. The molecule has 0 aliphatic heterocycles. The van der Waals surface area contributed by atoms with Crippen LogP contribution in [0.1, 0.15) is 70.3 Å². The van der Waals surface area contributed by atoms with Gasteiger partial charge in [-0.1, -0.05) is 100 Å². The summed E-state index contributed by atoms with van der Waals surface area (Å²) in [6, 6.07) is 24.9. The second-order valence-corrected chi connectivity index (χ2v) is 10.3. The Morgan fingerprint density at radius 1 is 0.861 bits per heavy atom. The van der Waals surface area contributed by atoms with Crippen molar-refractivity contribution in [3.8, 4) is 34.4 Å². The molecule has 0 atom stereocenters. The van der Waals surface area contributed by atoms with Gasteiger partial charge in [0.15, 0.2) is 0 Å². The van der Waals surface area contributed by atoms with Crippen LogP contribution in [-0.2, 0) is 6.42 Å². The number of nitrogens with one attached hydrogen (secondary N) is 1. The first-order chi connectivity index (χ1) is 17.7. The number of rotatable bonds is 11. The summed E-state index contributed by atoms with van der Waals surface area (Å²) in [4.78, 5) is 12.6. The first kappa shape index (κ1) is 24.3. The van der Waals surface area contributed by atoms with Gasteiger partial charge in [0.25, 0.3) is 0 Å². The van der Waals surface area contributed by atoms with E-state index >= 15 is 0 Å². The lowest BCUT2D eigenvalue weighted by Gasteiger charge is -2.29. The highest BCUT2D eigenvalue weighted by molar-refractivity contribution is 5.59. The van der Waals surface area contributed by atoms with E-state index in [1.807, 2.05) is 48.5 Å². The summed E-state index contributed by atoms with van der Waals surface area (Å²) < 4.78 is 6.03. The third-order valence-electron chi connectivity index (χ3n) is 7.56. The molecule has 1 saturated carbocycles. The van der Waals surface area contributed by atoms with Crippen LogP contribution in [0.3, 0.4) is 0 Å². The van der Waals surface area contributed by atoms with Crippen LogP contribution in [0.4, 0.5) is 0 Å². The average molecular weight is 480 g/mol. The first-order valence-corrected chi connectivity index (χ1v) is 13.6. The number of hydrogen-bond donors (Lipinski definition) is 1. The van der Waals surface area contributed by atoms with Crippen molar-refractivity contribution in [3.63, 3.8) is 0 Å². The number of ether oxygens (including phenoxy) is 1. The summed E-state index contributed by atoms with van der Waals surface area (Å²) in [7, 11) is 0. The fourth-order valence-electron chi connectivity index (χ4n) is 5.69. The third-order valence-corrected chi connectivity index (χ3v) is 7.56. The molecular weight excluding hydrogens is 442 g/mol. The van der Waals surface area contributed by atoms with E-state index < -0.39 is 0 Å². The number of benzene rings is 2. The van der Waals surface area contributed by atoms with Crippen molar-refractivity contribution >= 4 is 0 Å². The van der Waals surface area contributed by atoms with Crippen molar-refractivity contribution < 1.29 is 4.74 Å². The molecule has 4 nitrogen and oxygen atoms in total. The predicted molar refractivity (Wildman–Crippen MR) is 147 cm³/mol. The van der Waals surface area contributed by atoms with Gasteiger partial charge in [0.1, 0.15) is 5.82 Å². The van der Waals surface area contributed by atoms with Gasteiger partial charge in [-0.15, -0.1) is 0 Å². The van der Waals surface area contributed by atoms with Gasteiger partial charge < -0.3 is 9.72 Å². The molecule has 4 aromatic rings. The monoisotopic (exact) mass is 479 g/mol. The second-order valence-electron chi connectivity index (χ2n) is 10.3. The van der Waals surface area contributed by atoms with Gasteiger partial charge >= 0.3 is 0 Å². The van der Waals surface area contributed by atoms with E-state index in [0.29, 0.717) is 17.2 Å². The number of hydrogen-bond acceptors (Lipinski definition) is 3. The van der Waals surface area contributed by atoms with Crippen molar-refractivity contribution in [2.24, 2.45) is 5.41 Å². The van der Waals surface area contributed by atoms with Crippen LogP contribution in [0.5, 0.6) is 11.8 Å². The highest BCUT2D eigenvalue weighted by atomic mass is 16.5. The molecule has 0 amide bonds. The van der Waals surface area contributed by atoms with Crippen molar-refractivity contribution in [2.75, 3.05) is 0 Å². The molecule has 1 aliphatic carbocycles. The number of aromatic nitrogens is 3. The molecule has 1 fully saturated rings. The Morgan fingerprint density at radius 2 is 1.67 bits per heavy atom. The van der Waals surface area contributed by atoms with Crippen LogP contribution in [-0.4, -0.2) is 15.0 Å². The fourth-order valence-corrected chi connectivity index (χ4v) is 5.69. The van der Waals surface area contributed by atoms with E-state index in [-0.39, 0.29) is 0 Å². The molecule has 5 rings (SSSR count). The van der Waals surface area contributed by atoms with E-state index in [2.05, 4.69) is 46.1 Å². The summed E-state index contributed by atoms with van der Waals surface area (Å²) >= 11 is 0. The van der Waals surface area contributed by atoms with Gasteiger partial charge in [-0.2, -0.15) is 0 Å². The van der Waals surface area contributed by atoms with E-state index in [1.54, 1.807) is 6.20 Å². The zero-order valence-corrected chi connectivity index (χ0v) is 21.4. The Hall–Kier alpha value is -3.40. The average Bonchev–Trinajstić information content (AvgIpc) is 3.58. The zero-order valence-electron chi connectivity index (χ0n) is 21.4. The topological polar surface area (TPSA) is 50.8 Å². The Balaban J connectivity index is 1.27. The highest BCUT2D eigenvalue weighted by Gasteiger charge is 2.33. The Morgan fingerprint density at radius 3 is 2.50 bits per heavy atom. The van der Waals surface area contributed by atoms with Crippen molar-refractivity contribution in [1.82, 2.24) is 15.0 Å². The molecule has 1 N–H and O–H groups in total. The Labute approximate surface area is 215 Å². The standard InChI is InChI=1S/C32H37N3O/c1-2-3-4-8-19-32(20-9-10-21-32)23-25-13-11-16-27(22-25)31-33-24-30(35-31)36-29-18-12-17-28(34-29)26-14-6-5-7-15-26/h5-7,11-18,22,24H,2-4,8-10,19-21,23H2,1H3,(H,33,35). The van der Waals surface area contributed by atoms with E-state index in [4.69, 9.17) is 4.74 Å². The highest BCUT2D eigenvalue weighted by Crippen LogP contribution is 2.45. The number of pyridine rings is 1. The first-order valence-electron chi connectivity index (χ1n) is 13.6. The molecule has 0 radical (unpaired) electrons. The zero-order chi connectivity index (χ0) is 24.6. The van der Waals surface area contributed by atoms with E-state index in [0.717, 1.165) is 22.6 Å². The molecule has 2 aromatic heterocycles. The SMILES string of the molecule is CCCCCCC1(Cc2cccc(-c3ncc(Oc4cccc(-c5ccccc5)n4)[nH]3)c2)CCCC1. The van der Waals surface area contributed by atoms with Gasteiger partial charge in [-0.25, -0.2) is 9.97 Å². The summed E-state index contributed by atoms with van der Waals surface area (Å²) in [6.45, 7) is 2.29. The molecule has 0 spiro atoms. The molecule has 0 bridgehead atoms. The van der Waals surface area contributed by atoms with Crippen LogP contribution in [0.15, 0.2) is 79.0 Å². The van der Waals surface area contributed by atoms with Crippen molar-refractivity contribution in [2.45, 2.75) is 71.1 Å². The molecule has 2 heterocycles. The molecule has 36 heavy (non-hydrogen) atoms. The second kappa shape index (κ2) is 11.6. The van der Waals surface area contributed by atoms with Gasteiger partial charge in [0.2, 0.25) is 11.8 Å². The Kier molecular flexibility index (Phi) is 7.80. The van der Waals surface area contributed by atoms with Crippen molar-refractivity contribution in [1.29, 1.82) is 0 Å². The van der Waals surface area contributed by atoms with Gasteiger partial charge in [-0.3, -0.25) is 0 Å². The minimum Gasteiger partial charge on any atom is -0.421 e. The number of H-pyrrole nitrogens is 1. The molecule has 4 heteroatoms. The van der Waals surface area contributed by atoms with Gasteiger partial charge in [0.05, 0.1) is 11.9 Å². The quantitative estimate of drug-likeness (QED) is 0.218. The van der Waals surface area contributed by atoms with E-state index in [9.17, 15) is 0 Å². The van der Waals surface area contributed by atoms with E-state index in [1.165, 1.54) is 69.8 Å². The van der Waals surface area contributed by atoms with Crippen LogP contribution in [0, 0.1) is 5.41 Å². The molecular formula is C32H37N3O. The number of imidazole rings is 1. The number of aromatic amines is 1. The van der Waals surface area contributed by atoms with Crippen LogP contribution < -0.4 is 4.74 Å². The summed E-state index contributed by atoms with van der Waals surface area (Å²) in [5.74, 6) is 1.97.